The van der Waals surface area contributed by atoms with Gasteiger partial charge in [0, 0.05) is 27.2 Å². The lowest BCUT2D eigenvalue weighted by Crippen LogP contribution is -2.38. The monoisotopic (exact) mass is 373 g/mol. The van der Waals surface area contributed by atoms with E-state index in [0.29, 0.717) is 12.1 Å². The molecule has 0 aliphatic carbocycles. The van der Waals surface area contributed by atoms with Crippen molar-refractivity contribution in [2.75, 3.05) is 6.54 Å². The summed E-state index contributed by atoms with van der Waals surface area (Å²) in [7, 11) is 2.90. The third kappa shape index (κ3) is 3.40. The van der Waals surface area contributed by atoms with Crippen LogP contribution in [0.25, 0.3) is 11.2 Å². The van der Waals surface area contributed by atoms with Crippen molar-refractivity contribution in [3.8, 4) is 0 Å². The number of hydrogen-bond acceptors (Lipinski definition) is 4. The van der Waals surface area contributed by atoms with Crippen molar-refractivity contribution in [3.63, 3.8) is 0 Å². The number of aryl methyl sites for hydroxylation is 1. The first-order valence-electron chi connectivity index (χ1n) is 8.46. The number of rotatable bonds is 5. The summed E-state index contributed by atoms with van der Waals surface area (Å²) in [6.07, 6.45) is 1.37. The number of fused-ring (bicyclic) bond motifs is 1. The predicted molar refractivity (Wildman–Crippen MR) is 97.7 cm³/mol. The first-order valence-corrected chi connectivity index (χ1v) is 8.46. The van der Waals surface area contributed by atoms with Crippen LogP contribution in [0.3, 0.4) is 0 Å². The van der Waals surface area contributed by atoms with Crippen LogP contribution >= 0.6 is 0 Å². The molecule has 0 fully saturated rings. The van der Waals surface area contributed by atoms with Gasteiger partial charge in [-0.25, -0.2) is 14.2 Å². The Morgan fingerprint density at radius 3 is 2.63 bits per heavy atom. The lowest BCUT2D eigenvalue weighted by atomic mass is 10.2. The first kappa shape index (κ1) is 18.6. The molecule has 3 aromatic rings. The van der Waals surface area contributed by atoms with E-state index in [1.54, 1.807) is 17.0 Å². The average Bonchev–Trinajstić information content (AvgIpc) is 3.06. The molecule has 1 amide bonds. The summed E-state index contributed by atoms with van der Waals surface area (Å²) < 4.78 is 17.1. The van der Waals surface area contributed by atoms with E-state index in [-0.39, 0.29) is 36.0 Å². The van der Waals surface area contributed by atoms with Gasteiger partial charge in [0.05, 0.1) is 6.33 Å². The van der Waals surface area contributed by atoms with Crippen LogP contribution in [0, 0.1) is 5.82 Å². The number of hydrogen-bond donors (Lipinski definition) is 0. The minimum absolute atomic E-state index is 0.104. The zero-order valence-electron chi connectivity index (χ0n) is 15.3. The van der Waals surface area contributed by atoms with Gasteiger partial charge < -0.3 is 9.47 Å². The fourth-order valence-electron chi connectivity index (χ4n) is 2.99. The number of aromatic nitrogens is 4. The summed E-state index contributed by atoms with van der Waals surface area (Å²) in [6.45, 7) is 2.41. The zero-order valence-corrected chi connectivity index (χ0v) is 15.3. The van der Waals surface area contributed by atoms with E-state index in [1.165, 1.54) is 41.7 Å². The Morgan fingerprint density at radius 1 is 1.22 bits per heavy atom. The highest BCUT2D eigenvalue weighted by molar-refractivity contribution is 5.79. The van der Waals surface area contributed by atoms with E-state index >= 15 is 0 Å². The summed E-state index contributed by atoms with van der Waals surface area (Å²) in [6, 6.07) is 6.07. The molecule has 3 rings (SSSR count). The quantitative estimate of drug-likeness (QED) is 0.657. The smallest absolute Gasteiger partial charge is 0.332 e. The minimum Gasteiger partial charge on any atom is -0.337 e. The lowest BCUT2D eigenvalue weighted by Gasteiger charge is -2.21. The zero-order chi connectivity index (χ0) is 19.7. The Hall–Kier alpha value is -3.23. The third-order valence-electron chi connectivity index (χ3n) is 4.52. The van der Waals surface area contributed by atoms with Crippen LogP contribution in [0.1, 0.15) is 12.5 Å². The normalized spacial score (nSPS) is 11.1. The number of carbonyl (C=O) groups is 1. The molecule has 0 bridgehead atoms. The molecular formula is C18H20FN5O3. The van der Waals surface area contributed by atoms with Crippen molar-refractivity contribution in [2.45, 2.75) is 20.0 Å². The van der Waals surface area contributed by atoms with Crippen molar-refractivity contribution < 1.29 is 9.18 Å². The van der Waals surface area contributed by atoms with Gasteiger partial charge in [-0.05, 0) is 24.6 Å². The largest absolute Gasteiger partial charge is 0.337 e. The van der Waals surface area contributed by atoms with Gasteiger partial charge in [0.15, 0.2) is 11.2 Å². The summed E-state index contributed by atoms with van der Waals surface area (Å²) in [5.74, 6) is -0.599. The van der Waals surface area contributed by atoms with Gasteiger partial charge in [-0.1, -0.05) is 12.1 Å². The highest BCUT2D eigenvalue weighted by atomic mass is 19.1. The number of imidazole rings is 1. The van der Waals surface area contributed by atoms with Crippen LogP contribution in [-0.4, -0.2) is 36.0 Å². The second-order valence-electron chi connectivity index (χ2n) is 6.29. The highest BCUT2D eigenvalue weighted by Gasteiger charge is 2.18. The van der Waals surface area contributed by atoms with Gasteiger partial charge in [-0.3, -0.25) is 18.7 Å². The predicted octanol–water partition coefficient (Wildman–Crippen LogP) is 0.621. The van der Waals surface area contributed by atoms with Crippen LogP contribution in [0.2, 0.25) is 0 Å². The van der Waals surface area contributed by atoms with Crippen LogP contribution in [0.4, 0.5) is 4.39 Å². The molecule has 0 aliphatic rings. The summed E-state index contributed by atoms with van der Waals surface area (Å²) >= 11 is 0. The minimum atomic E-state index is -0.508. The number of nitrogens with zero attached hydrogens (tertiary/aromatic N) is 5. The maximum Gasteiger partial charge on any atom is 0.332 e. The van der Waals surface area contributed by atoms with Crippen molar-refractivity contribution in [3.05, 3.63) is 62.8 Å². The molecule has 0 unspecified atom stereocenters. The Kier molecular flexibility index (Phi) is 4.93. The Balaban J connectivity index is 1.91. The molecule has 0 spiro atoms. The summed E-state index contributed by atoms with van der Waals surface area (Å²) in [5.41, 5.74) is 0.106. The van der Waals surface area contributed by atoms with Crippen LogP contribution in [0.5, 0.6) is 0 Å². The van der Waals surface area contributed by atoms with E-state index in [9.17, 15) is 18.8 Å². The number of carbonyl (C=O) groups excluding carboxylic acids is 1. The van der Waals surface area contributed by atoms with E-state index < -0.39 is 11.2 Å². The molecule has 0 aliphatic heterocycles. The van der Waals surface area contributed by atoms with Gasteiger partial charge in [0.25, 0.3) is 5.56 Å². The average molecular weight is 373 g/mol. The molecule has 27 heavy (non-hydrogen) atoms. The van der Waals surface area contributed by atoms with Gasteiger partial charge in [-0.15, -0.1) is 0 Å². The van der Waals surface area contributed by atoms with Gasteiger partial charge in [-0.2, -0.15) is 0 Å². The van der Waals surface area contributed by atoms with Gasteiger partial charge in [0.2, 0.25) is 5.91 Å². The van der Waals surface area contributed by atoms with Crippen LogP contribution < -0.4 is 11.2 Å². The molecule has 2 heterocycles. The molecule has 0 N–H and O–H groups in total. The molecule has 2 aromatic heterocycles. The third-order valence-corrected chi connectivity index (χ3v) is 4.52. The van der Waals surface area contributed by atoms with Gasteiger partial charge >= 0.3 is 5.69 Å². The number of likely N-dealkylation sites (N-methyl/N-ethyl adjacent to an activating group) is 1. The Labute approximate surface area is 154 Å². The van der Waals surface area contributed by atoms with Crippen molar-refractivity contribution in [1.82, 2.24) is 23.6 Å². The number of amides is 1. The molecule has 142 valence electrons. The molecule has 8 nitrogen and oxygen atoms in total. The van der Waals surface area contributed by atoms with E-state index in [1.807, 2.05) is 6.92 Å². The standard InChI is InChI=1S/C18H20FN5O3/c1-4-23(9-12-6-5-7-13(19)8-12)14(25)10-24-11-20-16-15(24)17(26)22(3)18(27)21(16)2/h5-8,11H,4,9-10H2,1-3H3. The fourth-order valence-corrected chi connectivity index (χ4v) is 2.99. The number of benzene rings is 1. The van der Waals surface area contributed by atoms with Crippen molar-refractivity contribution >= 4 is 17.1 Å². The highest BCUT2D eigenvalue weighted by Crippen LogP contribution is 2.10. The number of halogens is 1. The lowest BCUT2D eigenvalue weighted by molar-refractivity contribution is -0.132. The molecule has 0 saturated carbocycles. The maximum atomic E-state index is 13.4. The van der Waals surface area contributed by atoms with Crippen molar-refractivity contribution in [2.24, 2.45) is 14.1 Å². The van der Waals surface area contributed by atoms with E-state index in [0.717, 1.165) is 4.57 Å². The molecule has 0 saturated heterocycles. The molecular weight excluding hydrogens is 353 g/mol. The fraction of sp³-hybridized carbons (Fsp3) is 0.333. The first-order chi connectivity index (χ1) is 12.8. The maximum absolute atomic E-state index is 13.4. The molecule has 0 atom stereocenters. The summed E-state index contributed by atoms with van der Waals surface area (Å²) in [5, 5.41) is 0. The van der Waals surface area contributed by atoms with E-state index in [4.69, 9.17) is 0 Å². The second-order valence-corrected chi connectivity index (χ2v) is 6.29. The topological polar surface area (TPSA) is 82.1 Å². The van der Waals surface area contributed by atoms with E-state index in [2.05, 4.69) is 4.98 Å². The van der Waals surface area contributed by atoms with Crippen molar-refractivity contribution in [1.29, 1.82) is 0 Å². The molecule has 0 radical (unpaired) electrons. The second kappa shape index (κ2) is 7.18. The van der Waals surface area contributed by atoms with Crippen LogP contribution in [0.15, 0.2) is 40.2 Å². The molecule has 9 heteroatoms. The SMILES string of the molecule is CCN(Cc1cccc(F)c1)C(=O)Cn1cnc2c1c(=O)n(C)c(=O)n2C. The van der Waals surface area contributed by atoms with Crippen LogP contribution in [-0.2, 0) is 32.0 Å². The van der Waals surface area contributed by atoms with Gasteiger partial charge in [0.1, 0.15) is 12.4 Å². The Morgan fingerprint density at radius 2 is 1.96 bits per heavy atom. The molecule has 1 aromatic carbocycles. The summed E-state index contributed by atoms with van der Waals surface area (Å²) in [4.78, 5) is 42.8. The Bertz CT molecular complexity index is 1130.